The van der Waals surface area contributed by atoms with Gasteiger partial charge in [-0.15, -0.1) is 22.7 Å². The van der Waals surface area contributed by atoms with Gasteiger partial charge >= 0.3 is 0 Å². The first-order valence-corrected chi connectivity index (χ1v) is 25.7. The molecule has 66 heavy (non-hydrogen) atoms. The summed E-state index contributed by atoms with van der Waals surface area (Å²) >= 11 is 28.6. The standard InChI is InChI=1S/C56H52Cl4O4S2/c1-23(2)29-13-31(25(5)6)47(32(14-29)26(7)8)39-21-45(49-51(61)35-17-41(57)42(58)18-36(35)52(49)62)65-55(39)56-40(48-33(27(9)10)15-30(24(3)4)16-34(48)28(11)12)22-46(66-56)50-53(63)37-19-43(59)44(60)20-38(37)54(50)64/h13-28H,1-12H3/b56-55+. The van der Waals surface area contributed by atoms with Gasteiger partial charge in [0.15, 0.2) is 23.1 Å². The van der Waals surface area contributed by atoms with Crippen LogP contribution in [0.25, 0.3) is 33.4 Å². The number of carbonyl (C=O) groups excluding carboxylic acids is 4. The van der Waals surface area contributed by atoms with Gasteiger partial charge in [0.25, 0.3) is 0 Å². The Kier molecular flexibility index (Phi) is 13.2. The zero-order valence-electron chi connectivity index (χ0n) is 39.2. The first-order valence-electron chi connectivity index (χ1n) is 22.6. The van der Waals surface area contributed by atoms with Crippen molar-refractivity contribution in [2.24, 2.45) is 0 Å². The second kappa shape index (κ2) is 18.1. The molecule has 2 aliphatic carbocycles. The van der Waals surface area contributed by atoms with E-state index in [-0.39, 0.29) is 89.0 Å². The van der Waals surface area contributed by atoms with E-state index in [9.17, 15) is 19.2 Å². The number of rotatable bonds is 8. The van der Waals surface area contributed by atoms with Crippen LogP contribution in [0.3, 0.4) is 0 Å². The summed E-state index contributed by atoms with van der Waals surface area (Å²) in [7, 11) is 0. The first kappa shape index (κ1) is 48.3. The molecule has 0 saturated heterocycles. The summed E-state index contributed by atoms with van der Waals surface area (Å²) in [4.78, 5) is 58.0. The van der Waals surface area contributed by atoms with Crippen molar-refractivity contribution in [3.8, 4) is 22.3 Å². The maximum atomic E-state index is 14.5. The Morgan fingerprint density at radius 2 is 0.576 bits per heavy atom. The number of hydrogen-bond donors (Lipinski definition) is 0. The topological polar surface area (TPSA) is 68.3 Å². The van der Waals surface area contributed by atoms with Crippen molar-refractivity contribution < 1.29 is 19.2 Å². The van der Waals surface area contributed by atoms with Crippen molar-refractivity contribution in [2.75, 3.05) is 0 Å². The van der Waals surface area contributed by atoms with Crippen LogP contribution in [-0.2, 0) is 0 Å². The van der Waals surface area contributed by atoms with E-state index in [2.05, 4.69) is 107 Å². The van der Waals surface area contributed by atoms with E-state index in [0.717, 1.165) is 53.6 Å². The smallest absolute Gasteiger partial charge is 0.199 e. The average Bonchev–Trinajstić information content (AvgIpc) is 3.98. The molecule has 0 aliphatic heterocycles. The van der Waals surface area contributed by atoms with Crippen LogP contribution in [0, 0.1) is 9.06 Å². The molecule has 2 aliphatic rings. The van der Waals surface area contributed by atoms with Gasteiger partial charge in [-0.3, -0.25) is 19.2 Å². The minimum absolute atomic E-state index is 0.0573. The van der Waals surface area contributed by atoms with E-state index in [1.54, 1.807) is 0 Å². The first-order chi connectivity index (χ1) is 31.0. The molecule has 0 fully saturated rings. The highest BCUT2D eigenvalue weighted by molar-refractivity contribution is 7.12. The van der Waals surface area contributed by atoms with Crippen LogP contribution in [0.1, 0.15) is 193 Å². The largest absolute Gasteiger partial charge is 0.288 e. The Morgan fingerprint density at radius 1 is 0.333 bits per heavy atom. The molecule has 4 nitrogen and oxygen atoms in total. The van der Waals surface area contributed by atoms with Gasteiger partial charge in [0, 0.05) is 42.4 Å². The third kappa shape index (κ3) is 8.12. The van der Waals surface area contributed by atoms with Gasteiger partial charge in [-0.2, -0.15) is 0 Å². The second-order valence-electron chi connectivity index (χ2n) is 19.5. The summed E-state index contributed by atoms with van der Waals surface area (Å²) in [5.74, 6) is -0.699. The van der Waals surface area contributed by atoms with Crippen LogP contribution in [0.5, 0.6) is 0 Å². The predicted molar refractivity (Wildman–Crippen MR) is 278 cm³/mol. The number of carbonyl (C=O) groups is 4. The molecule has 0 spiro atoms. The average molecular weight is 995 g/mol. The lowest BCUT2D eigenvalue weighted by molar-refractivity contribution is 0.101. The Bertz CT molecular complexity index is 2980. The Labute approximate surface area is 415 Å². The van der Waals surface area contributed by atoms with Gasteiger partial charge in [0.1, 0.15) is 0 Å². The van der Waals surface area contributed by atoms with E-state index in [1.807, 2.05) is 12.1 Å². The molecule has 0 saturated carbocycles. The summed E-state index contributed by atoms with van der Waals surface area (Å²) in [5, 5.41) is 0.778. The number of ketones is 4. The van der Waals surface area contributed by atoms with E-state index < -0.39 is 23.1 Å². The van der Waals surface area contributed by atoms with E-state index in [0.29, 0.717) is 9.06 Å². The molecule has 0 unspecified atom stereocenters. The summed E-state index contributed by atoms with van der Waals surface area (Å²) < 4.78 is 2.68. The van der Waals surface area contributed by atoms with Crippen LogP contribution in [0.2, 0.25) is 20.1 Å². The Balaban J connectivity index is 1.66. The van der Waals surface area contributed by atoms with Crippen molar-refractivity contribution in [3.63, 3.8) is 0 Å². The summed E-state index contributed by atoms with van der Waals surface area (Å²) in [6.07, 6.45) is 0. The lowest BCUT2D eigenvalue weighted by atomic mass is 9.81. The normalized spacial score (nSPS) is 14.6. The third-order valence-corrected chi connectivity index (χ3v) is 16.9. The van der Waals surface area contributed by atoms with Gasteiger partial charge in [-0.1, -0.05) is 154 Å². The van der Waals surface area contributed by atoms with Crippen LogP contribution in [0.15, 0.2) is 60.7 Å². The van der Waals surface area contributed by atoms with Gasteiger partial charge < -0.3 is 0 Å². The van der Waals surface area contributed by atoms with Crippen LogP contribution >= 0.6 is 69.1 Å². The number of hydrogen-bond acceptors (Lipinski definition) is 6. The fraction of sp³-hybridized carbons (Fsp3) is 0.321. The van der Waals surface area contributed by atoms with Crippen molar-refractivity contribution >= 4 is 103 Å². The molecule has 0 bridgehead atoms. The zero-order chi connectivity index (χ0) is 48.1. The molecule has 0 atom stereocenters. The quantitative estimate of drug-likeness (QED) is 0.152. The highest BCUT2D eigenvalue weighted by Gasteiger charge is 2.37. The van der Waals surface area contributed by atoms with E-state index >= 15 is 0 Å². The number of Topliss-reactive ketones (excluding diaryl/α,β-unsaturated/α-hetero) is 4. The van der Waals surface area contributed by atoms with Gasteiger partial charge in [-0.25, -0.2) is 0 Å². The van der Waals surface area contributed by atoms with E-state index in [1.165, 1.54) is 58.1 Å². The van der Waals surface area contributed by atoms with E-state index in [4.69, 9.17) is 46.4 Å². The number of halogens is 4. The summed E-state index contributed by atoms with van der Waals surface area (Å²) in [6, 6.07) is 19.2. The summed E-state index contributed by atoms with van der Waals surface area (Å²) in [6.45, 7) is 26.4. The maximum absolute atomic E-state index is 14.5. The van der Waals surface area contributed by atoms with Gasteiger partial charge in [0.05, 0.1) is 40.3 Å². The molecule has 2 aromatic heterocycles. The van der Waals surface area contributed by atoms with Crippen molar-refractivity contribution in [1.82, 2.24) is 0 Å². The molecule has 6 aromatic rings. The van der Waals surface area contributed by atoms with Crippen LogP contribution in [-0.4, -0.2) is 23.1 Å². The Hall–Kier alpha value is -4.14. The molecular weight excluding hydrogens is 943 g/mol. The fourth-order valence-electron chi connectivity index (χ4n) is 9.31. The lowest BCUT2D eigenvalue weighted by Gasteiger charge is -2.23. The predicted octanol–water partition coefficient (Wildman–Crippen LogP) is 16.2. The second-order valence-corrected chi connectivity index (χ2v) is 23.2. The van der Waals surface area contributed by atoms with Gasteiger partial charge in [0.2, 0.25) is 0 Å². The molecule has 0 radical (unpaired) electrons. The minimum atomic E-state index is -0.412. The SMILES string of the molecule is CC(C)c1cc(C(C)C)c(-c2cc(=C3C(=O)c4cc(Cl)c(Cl)cc4C3=O)s/c2=c2/sc(=C3C(=O)c4cc(Cl)c(Cl)cc4C3=O)cc2-c2c(C(C)C)cc(C(C)C)cc2C(C)C)c(C(C)C)c1. The van der Waals surface area contributed by atoms with Crippen LogP contribution < -0.4 is 9.06 Å². The van der Waals surface area contributed by atoms with Crippen LogP contribution in [0.4, 0.5) is 0 Å². The highest BCUT2D eigenvalue weighted by Crippen LogP contribution is 2.45. The lowest BCUT2D eigenvalue weighted by Crippen LogP contribution is -2.10. The minimum Gasteiger partial charge on any atom is -0.288 e. The molecule has 4 aromatic carbocycles. The molecule has 8 rings (SSSR count). The molecule has 0 amide bonds. The maximum Gasteiger partial charge on any atom is 0.199 e. The summed E-state index contributed by atoms with van der Waals surface area (Å²) in [5.41, 5.74) is 11.9. The number of fused-ring (bicyclic) bond motifs is 2. The Morgan fingerprint density at radius 3 is 0.788 bits per heavy atom. The van der Waals surface area contributed by atoms with Crippen molar-refractivity contribution in [3.05, 3.63) is 155 Å². The monoisotopic (exact) mass is 992 g/mol. The molecular formula is C56H52Cl4O4S2. The molecule has 0 N–H and O–H groups in total. The van der Waals surface area contributed by atoms with Gasteiger partial charge in [-0.05, 0) is 116 Å². The molecule has 340 valence electrons. The van der Waals surface area contributed by atoms with Crippen molar-refractivity contribution in [1.29, 1.82) is 0 Å². The highest BCUT2D eigenvalue weighted by atomic mass is 35.5. The molecule has 10 heteroatoms. The zero-order valence-corrected chi connectivity index (χ0v) is 43.9. The molecule has 2 heterocycles. The third-order valence-electron chi connectivity index (χ3n) is 13.0. The number of thiophene rings is 2. The fourth-order valence-corrected chi connectivity index (χ4v) is 12.5. The van der Waals surface area contributed by atoms with Crippen molar-refractivity contribution in [2.45, 2.75) is 119 Å². The number of benzene rings is 4.